The van der Waals surface area contributed by atoms with Gasteiger partial charge < -0.3 is 10.4 Å². The molecule has 1 saturated carbocycles. The fraction of sp³-hybridized carbons (Fsp3) is 0.667. The van der Waals surface area contributed by atoms with Crippen LogP contribution in [0.1, 0.15) is 43.5 Å². The van der Waals surface area contributed by atoms with Gasteiger partial charge in [-0.2, -0.15) is 0 Å². The average molecular weight is 304 g/mol. The molecule has 1 aliphatic carbocycles. The van der Waals surface area contributed by atoms with Crippen molar-refractivity contribution in [2.75, 3.05) is 0 Å². The predicted octanol–water partition coefficient (Wildman–Crippen LogP) is 3.46. The van der Waals surface area contributed by atoms with Crippen LogP contribution >= 0.6 is 27.3 Å². The van der Waals surface area contributed by atoms with Crippen molar-refractivity contribution >= 4 is 27.3 Å². The Bertz CT molecular complexity index is 334. The molecule has 1 heterocycles. The van der Waals surface area contributed by atoms with Crippen LogP contribution in [0, 0.1) is 0 Å². The summed E-state index contributed by atoms with van der Waals surface area (Å²) in [6.45, 7) is 2.21. The minimum absolute atomic E-state index is 0.0655. The lowest BCUT2D eigenvalue weighted by Crippen LogP contribution is -2.35. The van der Waals surface area contributed by atoms with Gasteiger partial charge in [0.15, 0.2) is 0 Å². The van der Waals surface area contributed by atoms with Crippen LogP contribution in [-0.4, -0.2) is 17.3 Å². The molecule has 0 aromatic carbocycles. The van der Waals surface area contributed by atoms with Gasteiger partial charge in [-0.25, -0.2) is 0 Å². The molecule has 2 nitrogen and oxygen atoms in total. The molecule has 16 heavy (non-hydrogen) atoms. The van der Waals surface area contributed by atoms with Gasteiger partial charge >= 0.3 is 0 Å². The van der Waals surface area contributed by atoms with E-state index >= 15 is 0 Å². The van der Waals surface area contributed by atoms with E-state index in [9.17, 15) is 5.11 Å². The van der Waals surface area contributed by atoms with Crippen LogP contribution in [0.15, 0.2) is 15.9 Å². The first-order chi connectivity index (χ1) is 7.65. The smallest absolute Gasteiger partial charge is 0.0541 e. The molecule has 1 aromatic heterocycles. The summed E-state index contributed by atoms with van der Waals surface area (Å²) in [5, 5.41) is 15.2. The molecule has 1 aliphatic rings. The fourth-order valence-corrected chi connectivity index (χ4v) is 3.70. The monoisotopic (exact) mass is 303 g/mol. The van der Waals surface area contributed by atoms with Crippen molar-refractivity contribution in [3.8, 4) is 0 Å². The van der Waals surface area contributed by atoms with Gasteiger partial charge in [-0.1, -0.05) is 0 Å². The Kier molecular flexibility index (Phi) is 4.41. The van der Waals surface area contributed by atoms with Crippen molar-refractivity contribution in [2.24, 2.45) is 0 Å². The number of hydrogen-bond donors (Lipinski definition) is 2. The summed E-state index contributed by atoms with van der Waals surface area (Å²) < 4.78 is 1.17. The number of rotatable bonds is 3. The van der Waals surface area contributed by atoms with Crippen LogP contribution in [0.25, 0.3) is 0 Å². The molecule has 1 fully saturated rings. The molecule has 1 unspecified atom stereocenters. The molecule has 0 amide bonds. The quantitative estimate of drug-likeness (QED) is 0.896. The fourth-order valence-electron chi connectivity index (χ4n) is 2.23. The zero-order valence-corrected chi connectivity index (χ0v) is 11.9. The van der Waals surface area contributed by atoms with Crippen molar-refractivity contribution < 1.29 is 5.11 Å². The summed E-state index contributed by atoms with van der Waals surface area (Å²) in [5.74, 6) is 0. The summed E-state index contributed by atoms with van der Waals surface area (Å²) in [5.41, 5.74) is 0. The van der Waals surface area contributed by atoms with E-state index in [4.69, 9.17) is 0 Å². The number of hydrogen-bond acceptors (Lipinski definition) is 3. The first kappa shape index (κ1) is 12.6. The minimum Gasteiger partial charge on any atom is -0.393 e. The minimum atomic E-state index is -0.0655. The van der Waals surface area contributed by atoms with Crippen LogP contribution in [-0.2, 0) is 0 Å². The molecule has 0 spiro atoms. The van der Waals surface area contributed by atoms with E-state index < -0.39 is 0 Å². The van der Waals surface area contributed by atoms with Crippen molar-refractivity contribution in [3.05, 3.63) is 20.8 Å². The van der Waals surface area contributed by atoms with Gasteiger partial charge in [0.05, 0.1) is 6.10 Å². The van der Waals surface area contributed by atoms with Crippen molar-refractivity contribution in [2.45, 2.75) is 50.8 Å². The Morgan fingerprint density at radius 1 is 1.44 bits per heavy atom. The highest BCUT2D eigenvalue weighted by atomic mass is 79.9. The van der Waals surface area contributed by atoms with E-state index in [0.29, 0.717) is 12.1 Å². The summed E-state index contributed by atoms with van der Waals surface area (Å²) in [7, 11) is 0. The maximum Gasteiger partial charge on any atom is 0.0541 e. The molecular formula is C12H18BrNOS. The SMILES string of the molecule is CC(NC1CCC(O)CC1)c1cc(Br)cs1. The Labute approximate surface area is 109 Å². The van der Waals surface area contributed by atoms with E-state index in [1.54, 1.807) is 11.3 Å². The average Bonchev–Trinajstić information content (AvgIpc) is 2.68. The normalized spacial score (nSPS) is 27.9. The third-order valence-electron chi connectivity index (χ3n) is 3.20. The van der Waals surface area contributed by atoms with Crippen LogP contribution in [0.4, 0.5) is 0 Å². The third-order valence-corrected chi connectivity index (χ3v) is 5.07. The highest BCUT2D eigenvalue weighted by Crippen LogP contribution is 2.27. The molecular weight excluding hydrogens is 286 g/mol. The lowest BCUT2D eigenvalue weighted by molar-refractivity contribution is 0.114. The van der Waals surface area contributed by atoms with E-state index in [0.717, 1.165) is 25.7 Å². The molecule has 2 N–H and O–H groups in total. The molecule has 1 atom stereocenters. The Balaban J connectivity index is 1.85. The molecule has 0 bridgehead atoms. The molecule has 1 aromatic rings. The van der Waals surface area contributed by atoms with E-state index in [2.05, 4.69) is 39.6 Å². The Hall–Kier alpha value is 0.1000. The number of aliphatic hydroxyl groups excluding tert-OH is 1. The maximum atomic E-state index is 9.45. The molecule has 4 heteroatoms. The lowest BCUT2D eigenvalue weighted by atomic mass is 9.92. The van der Waals surface area contributed by atoms with E-state index in [1.165, 1.54) is 9.35 Å². The van der Waals surface area contributed by atoms with Crippen molar-refractivity contribution in [3.63, 3.8) is 0 Å². The first-order valence-corrected chi connectivity index (χ1v) is 7.50. The highest BCUT2D eigenvalue weighted by molar-refractivity contribution is 9.10. The number of aliphatic hydroxyl groups is 1. The summed E-state index contributed by atoms with van der Waals surface area (Å²) >= 11 is 5.27. The molecule has 0 aliphatic heterocycles. The maximum absolute atomic E-state index is 9.45. The van der Waals surface area contributed by atoms with Crippen LogP contribution in [0.3, 0.4) is 0 Å². The zero-order valence-electron chi connectivity index (χ0n) is 9.45. The third kappa shape index (κ3) is 3.29. The Morgan fingerprint density at radius 3 is 2.69 bits per heavy atom. The first-order valence-electron chi connectivity index (χ1n) is 5.83. The largest absolute Gasteiger partial charge is 0.393 e. The van der Waals surface area contributed by atoms with E-state index in [1.807, 2.05) is 0 Å². The number of nitrogens with one attached hydrogen (secondary N) is 1. The van der Waals surface area contributed by atoms with Crippen LogP contribution < -0.4 is 5.32 Å². The van der Waals surface area contributed by atoms with Gasteiger partial charge in [-0.05, 0) is 54.6 Å². The zero-order chi connectivity index (χ0) is 11.5. The van der Waals surface area contributed by atoms with Crippen LogP contribution in [0.2, 0.25) is 0 Å². The van der Waals surface area contributed by atoms with Crippen molar-refractivity contribution in [1.82, 2.24) is 5.32 Å². The van der Waals surface area contributed by atoms with E-state index in [-0.39, 0.29) is 6.10 Å². The number of thiophene rings is 1. The topological polar surface area (TPSA) is 32.3 Å². The second-order valence-electron chi connectivity index (χ2n) is 4.56. The molecule has 2 rings (SSSR count). The van der Waals surface area contributed by atoms with Crippen LogP contribution in [0.5, 0.6) is 0 Å². The predicted molar refractivity (Wildman–Crippen MR) is 71.8 cm³/mol. The molecule has 0 radical (unpaired) electrons. The second kappa shape index (κ2) is 5.63. The summed E-state index contributed by atoms with van der Waals surface area (Å²) in [6.07, 6.45) is 4.01. The summed E-state index contributed by atoms with van der Waals surface area (Å²) in [4.78, 5) is 1.37. The van der Waals surface area contributed by atoms with Gasteiger partial charge in [0.2, 0.25) is 0 Å². The second-order valence-corrected chi connectivity index (χ2v) is 6.42. The van der Waals surface area contributed by atoms with Crippen molar-refractivity contribution in [1.29, 1.82) is 0 Å². The lowest BCUT2D eigenvalue weighted by Gasteiger charge is -2.28. The molecule has 0 saturated heterocycles. The Morgan fingerprint density at radius 2 is 2.12 bits per heavy atom. The van der Waals surface area contributed by atoms with Gasteiger partial charge in [-0.3, -0.25) is 0 Å². The number of halogens is 1. The van der Waals surface area contributed by atoms with Gasteiger partial charge in [0, 0.05) is 26.8 Å². The standard InChI is InChI=1S/C12H18BrNOS/c1-8(12-6-9(13)7-16-12)14-10-2-4-11(15)5-3-10/h6-8,10-11,14-15H,2-5H2,1H3. The summed E-state index contributed by atoms with van der Waals surface area (Å²) in [6, 6.07) is 3.16. The molecule has 90 valence electrons. The van der Waals surface area contributed by atoms with Gasteiger partial charge in [0.1, 0.15) is 0 Å². The van der Waals surface area contributed by atoms with Gasteiger partial charge in [-0.15, -0.1) is 11.3 Å². The highest BCUT2D eigenvalue weighted by Gasteiger charge is 2.21. The van der Waals surface area contributed by atoms with Gasteiger partial charge in [0.25, 0.3) is 0 Å².